The van der Waals surface area contributed by atoms with Gasteiger partial charge in [0.25, 0.3) is 0 Å². The fraction of sp³-hybridized carbons (Fsp3) is 0.222. The number of thiophene rings is 1. The molecule has 0 radical (unpaired) electrons. The third-order valence-electron chi connectivity index (χ3n) is 1.99. The molecular formula is C9H11N5S. The summed E-state index contributed by atoms with van der Waals surface area (Å²) in [6.07, 6.45) is 1.74. The number of nitrogens with two attached hydrogens (primary N) is 1. The van der Waals surface area contributed by atoms with E-state index in [1.165, 1.54) is 0 Å². The van der Waals surface area contributed by atoms with E-state index >= 15 is 0 Å². The molecule has 0 spiro atoms. The number of aromatic nitrogens is 4. The van der Waals surface area contributed by atoms with E-state index in [4.69, 9.17) is 5.73 Å². The Morgan fingerprint density at radius 2 is 2.53 bits per heavy atom. The number of rotatable bonds is 4. The van der Waals surface area contributed by atoms with Crippen LogP contribution in [-0.2, 0) is 6.54 Å². The van der Waals surface area contributed by atoms with E-state index in [1.54, 1.807) is 22.1 Å². The zero-order chi connectivity index (χ0) is 10.7. The summed E-state index contributed by atoms with van der Waals surface area (Å²) in [5, 5.41) is 13.4. The van der Waals surface area contributed by atoms with Gasteiger partial charge in [0, 0.05) is 4.88 Å². The van der Waals surface area contributed by atoms with Crippen molar-refractivity contribution in [3.63, 3.8) is 0 Å². The summed E-state index contributed by atoms with van der Waals surface area (Å²) in [5.74, 6) is 0.664. The minimum Gasteiger partial charge on any atom is -0.317 e. The Labute approximate surface area is 91.2 Å². The number of tetrazole rings is 1. The van der Waals surface area contributed by atoms with Crippen molar-refractivity contribution in [1.29, 1.82) is 0 Å². The summed E-state index contributed by atoms with van der Waals surface area (Å²) in [6, 6.07) is 3.67. The largest absolute Gasteiger partial charge is 0.317 e. The predicted molar refractivity (Wildman–Crippen MR) is 58.4 cm³/mol. The van der Waals surface area contributed by atoms with Crippen molar-refractivity contribution in [2.45, 2.75) is 12.6 Å². The molecule has 6 heteroatoms. The lowest BCUT2D eigenvalue weighted by Gasteiger charge is -2.08. The van der Waals surface area contributed by atoms with Crippen LogP contribution in [0.25, 0.3) is 0 Å². The van der Waals surface area contributed by atoms with Crippen LogP contribution in [0.15, 0.2) is 30.2 Å². The molecule has 0 saturated heterocycles. The lowest BCUT2D eigenvalue weighted by molar-refractivity contribution is 0.611. The van der Waals surface area contributed by atoms with Crippen molar-refractivity contribution in [3.8, 4) is 0 Å². The SMILES string of the molecule is C=CCn1nnnc1C(N)c1cccs1. The first-order valence-corrected chi connectivity index (χ1v) is 5.37. The molecule has 1 unspecified atom stereocenters. The minimum atomic E-state index is -0.264. The standard InChI is InChI=1S/C9H11N5S/c1-2-5-14-9(11-12-13-14)8(10)7-4-3-6-15-7/h2-4,6,8H,1,5,10H2. The maximum atomic E-state index is 6.05. The Balaban J connectivity index is 2.29. The van der Waals surface area contributed by atoms with Crippen LogP contribution in [0.3, 0.4) is 0 Å². The lowest BCUT2D eigenvalue weighted by atomic mass is 10.2. The molecule has 2 rings (SSSR count). The topological polar surface area (TPSA) is 69.6 Å². The van der Waals surface area contributed by atoms with Crippen molar-refractivity contribution in [2.75, 3.05) is 0 Å². The molecule has 1 atom stereocenters. The van der Waals surface area contributed by atoms with Crippen LogP contribution < -0.4 is 5.73 Å². The number of hydrogen-bond acceptors (Lipinski definition) is 5. The first-order valence-electron chi connectivity index (χ1n) is 4.49. The average molecular weight is 221 g/mol. The Hall–Kier alpha value is -1.53. The summed E-state index contributed by atoms with van der Waals surface area (Å²) < 4.78 is 1.65. The molecule has 0 bridgehead atoms. The predicted octanol–water partition coefficient (Wildman–Crippen LogP) is 0.969. The average Bonchev–Trinajstić information content (AvgIpc) is 2.87. The van der Waals surface area contributed by atoms with Gasteiger partial charge in [0.2, 0.25) is 0 Å². The highest BCUT2D eigenvalue weighted by molar-refractivity contribution is 7.10. The van der Waals surface area contributed by atoms with Gasteiger partial charge in [-0.3, -0.25) is 0 Å². The third-order valence-corrected chi connectivity index (χ3v) is 2.94. The minimum absolute atomic E-state index is 0.264. The van der Waals surface area contributed by atoms with Crippen molar-refractivity contribution in [2.24, 2.45) is 5.73 Å². The highest BCUT2D eigenvalue weighted by atomic mass is 32.1. The summed E-state index contributed by atoms with van der Waals surface area (Å²) in [6.45, 7) is 4.21. The van der Waals surface area contributed by atoms with Gasteiger partial charge in [-0.1, -0.05) is 12.1 Å². The molecule has 0 aliphatic rings. The summed E-state index contributed by atoms with van der Waals surface area (Å²) in [4.78, 5) is 1.05. The monoisotopic (exact) mass is 221 g/mol. The van der Waals surface area contributed by atoms with Crippen molar-refractivity contribution in [3.05, 3.63) is 40.9 Å². The van der Waals surface area contributed by atoms with Gasteiger partial charge in [0.1, 0.15) is 6.04 Å². The van der Waals surface area contributed by atoms with Gasteiger partial charge in [-0.2, -0.15) is 0 Å². The van der Waals surface area contributed by atoms with E-state index in [9.17, 15) is 0 Å². The van der Waals surface area contributed by atoms with Crippen molar-refractivity contribution in [1.82, 2.24) is 20.2 Å². The Morgan fingerprint density at radius 3 is 3.20 bits per heavy atom. The molecule has 2 heterocycles. The second-order valence-corrected chi connectivity index (χ2v) is 3.98. The normalized spacial score (nSPS) is 12.6. The van der Waals surface area contributed by atoms with Gasteiger partial charge < -0.3 is 5.73 Å². The van der Waals surface area contributed by atoms with Gasteiger partial charge in [-0.15, -0.1) is 23.0 Å². The molecule has 0 aliphatic carbocycles. The van der Waals surface area contributed by atoms with Gasteiger partial charge in [-0.05, 0) is 21.9 Å². The fourth-order valence-corrected chi connectivity index (χ4v) is 2.01. The molecule has 0 aliphatic heterocycles. The zero-order valence-electron chi connectivity index (χ0n) is 8.08. The molecule has 2 aromatic heterocycles. The van der Waals surface area contributed by atoms with Crippen molar-refractivity contribution < 1.29 is 0 Å². The summed E-state index contributed by atoms with van der Waals surface area (Å²) >= 11 is 1.60. The van der Waals surface area contributed by atoms with Crippen molar-refractivity contribution >= 4 is 11.3 Å². The van der Waals surface area contributed by atoms with E-state index in [1.807, 2.05) is 17.5 Å². The lowest BCUT2D eigenvalue weighted by Crippen LogP contribution is -2.17. The Kier molecular flexibility index (Phi) is 2.89. The van der Waals surface area contributed by atoms with Crippen LogP contribution in [0.1, 0.15) is 16.7 Å². The molecule has 2 aromatic rings. The molecule has 5 nitrogen and oxygen atoms in total. The molecule has 0 aromatic carbocycles. The van der Waals surface area contributed by atoms with Crippen LogP contribution in [0.2, 0.25) is 0 Å². The molecule has 2 N–H and O–H groups in total. The molecular weight excluding hydrogens is 210 g/mol. The second kappa shape index (κ2) is 4.33. The van der Waals surface area contributed by atoms with E-state index in [0.29, 0.717) is 12.4 Å². The van der Waals surface area contributed by atoms with Crippen LogP contribution in [-0.4, -0.2) is 20.2 Å². The van der Waals surface area contributed by atoms with E-state index in [-0.39, 0.29) is 6.04 Å². The highest BCUT2D eigenvalue weighted by Crippen LogP contribution is 2.21. The third kappa shape index (κ3) is 1.95. The van der Waals surface area contributed by atoms with Crippen LogP contribution in [0.4, 0.5) is 0 Å². The van der Waals surface area contributed by atoms with Crippen LogP contribution in [0, 0.1) is 0 Å². The van der Waals surface area contributed by atoms with Gasteiger partial charge in [-0.25, -0.2) is 4.68 Å². The smallest absolute Gasteiger partial charge is 0.173 e. The first-order chi connectivity index (χ1) is 7.33. The Bertz CT molecular complexity index is 433. The molecule has 0 fully saturated rings. The quantitative estimate of drug-likeness (QED) is 0.781. The van der Waals surface area contributed by atoms with Crippen LogP contribution in [0.5, 0.6) is 0 Å². The summed E-state index contributed by atoms with van der Waals surface area (Å²) in [7, 11) is 0. The van der Waals surface area contributed by atoms with E-state index in [0.717, 1.165) is 4.88 Å². The summed E-state index contributed by atoms with van der Waals surface area (Å²) in [5.41, 5.74) is 6.05. The van der Waals surface area contributed by atoms with E-state index < -0.39 is 0 Å². The molecule has 0 saturated carbocycles. The van der Waals surface area contributed by atoms with Gasteiger partial charge >= 0.3 is 0 Å². The maximum absolute atomic E-state index is 6.05. The van der Waals surface area contributed by atoms with Gasteiger partial charge in [0.05, 0.1) is 6.54 Å². The number of hydrogen-bond donors (Lipinski definition) is 1. The molecule has 15 heavy (non-hydrogen) atoms. The van der Waals surface area contributed by atoms with Gasteiger partial charge in [0.15, 0.2) is 5.82 Å². The highest BCUT2D eigenvalue weighted by Gasteiger charge is 2.16. The first kappa shape index (κ1) is 10.0. The fourth-order valence-electron chi connectivity index (χ4n) is 1.28. The number of allylic oxidation sites excluding steroid dienone is 1. The molecule has 78 valence electrons. The molecule has 0 amide bonds. The second-order valence-electron chi connectivity index (χ2n) is 3.00. The number of nitrogens with zero attached hydrogens (tertiary/aromatic N) is 4. The van der Waals surface area contributed by atoms with E-state index in [2.05, 4.69) is 22.1 Å². The Morgan fingerprint density at radius 1 is 1.67 bits per heavy atom. The zero-order valence-corrected chi connectivity index (χ0v) is 8.89. The van der Waals surface area contributed by atoms with Crippen LogP contribution >= 0.6 is 11.3 Å². The maximum Gasteiger partial charge on any atom is 0.173 e.